The molecular weight excluding hydrogens is 639 g/mol. The van der Waals surface area contributed by atoms with E-state index in [9.17, 15) is 18.0 Å². The van der Waals surface area contributed by atoms with Gasteiger partial charge >= 0.3 is 0 Å². The molecule has 5 aromatic carbocycles. The molecule has 1 N–H and O–H groups in total. The highest BCUT2D eigenvalue weighted by Crippen LogP contribution is 2.29. The van der Waals surface area contributed by atoms with E-state index < -0.39 is 28.5 Å². The van der Waals surface area contributed by atoms with Crippen LogP contribution >= 0.6 is 0 Å². The first-order valence-corrected chi connectivity index (χ1v) is 17.4. The molecule has 0 heterocycles. The molecule has 0 bridgehead atoms. The number of anilines is 1. The predicted molar refractivity (Wildman–Crippen MR) is 190 cm³/mol. The van der Waals surface area contributed by atoms with Crippen molar-refractivity contribution in [3.8, 4) is 17.2 Å². The summed E-state index contributed by atoms with van der Waals surface area (Å²) >= 11 is 0. The molecule has 0 aromatic heterocycles. The average Bonchev–Trinajstić information content (AvgIpc) is 3.13. The van der Waals surface area contributed by atoms with E-state index in [2.05, 4.69) is 5.32 Å². The monoisotopic (exact) mass is 677 g/mol. The van der Waals surface area contributed by atoms with E-state index in [4.69, 9.17) is 9.47 Å². The molecule has 9 nitrogen and oxygen atoms in total. The zero-order chi connectivity index (χ0) is 34.6. The van der Waals surface area contributed by atoms with Gasteiger partial charge in [-0.25, -0.2) is 8.42 Å². The van der Waals surface area contributed by atoms with Crippen LogP contribution in [0.5, 0.6) is 17.2 Å². The molecule has 252 valence electrons. The third-order valence-corrected chi connectivity index (χ3v) is 9.61. The quantitative estimate of drug-likeness (QED) is 0.136. The molecule has 0 spiro atoms. The number of nitrogens with zero attached hydrogens (tertiary/aromatic N) is 2. The van der Waals surface area contributed by atoms with Crippen molar-refractivity contribution in [2.75, 3.05) is 24.5 Å². The van der Waals surface area contributed by atoms with Gasteiger partial charge in [-0.2, -0.15) is 0 Å². The van der Waals surface area contributed by atoms with Gasteiger partial charge in [0.25, 0.3) is 10.0 Å². The highest BCUT2D eigenvalue weighted by Gasteiger charge is 2.34. The Kier molecular flexibility index (Phi) is 11.7. The number of carbonyl (C=O) groups excluding carboxylic acids is 2. The van der Waals surface area contributed by atoms with Crippen molar-refractivity contribution in [2.24, 2.45) is 0 Å². The normalized spacial score (nSPS) is 11.6. The van der Waals surface area contributed by atoms with E-state index >= 15 is 0 Å². The second-order valence-corrected chi connectivity index (χ2v) is 13.1. The van der Waals surface area contributed by atoms with Gasteiger partial charge in [0.15, 0.2) is 0 Å². The SMILES string of the molecule is CCNC(=O)[C@@H](Cc1ccccc1)N(Cc1cccc(OC)c1)C(=O)CN(c1ccc(Oc2ccccc2)cc1)S(=O)(=O)c1ccccc1. The maximum absolute atomic E-state index is 14.6. The molecule has 0 saturated heterocycles. The fourth-order valence-electron chi connectivity index (χ4n) is 5.37. The molecule has 0 radical (unpaired) electrons. The van der Waals surface area contributed by atoms with Gasteiger partial charge in [0.2, 0.25) is 11.8 Å². The zero-order valence-corrected chi connectivity index (χ0v) is 28.3. The standard InChI is InChI=1S/C39H39N3O6S/c1-3-40-39(44)37(27-30-14-7-4-8-15-30)41(28-31-16-13-19-35(26-31)47-2)38(43)29-42(49(45,46)36-20-11-6-12-21-36)32-22-24-34(25-23-32)48-33-17-9-5-10-18-33/h4-26,37H,3,27-29H2,1-2H3,(H,40,44)/t37-/m1/s1. The molecule has 5 aromatic rings. The number of para-hydroxylation sites is 1. The van der Waals surface area contributed by atoms with Crippen LogP contribution < -0.4 is 19.1 Å². The van der Waals surface area contributed by atoms with E-state index in [0.29, 0.717) is 23.8 Å². The van der Waals surface area contributed by atoms with Crippen LogP contribution in [-0.2, 0) is 32.6 Å². The first kappa shape index (κ1) is 34.7. The number of hydrogen-bond acceptors (Lipinski definition) is 6. The van der Waals surface area contributed by atoms with Gasteiger partial charge in [0.05, 0.1) is 17.7 Å². The third kappa shape index (κ3) is 9.05. The summed E-state index contributed by atoms with van der Waals surface area (Å²) in [7, 11) is -2.68. The van der Waals surface area contributed by atoms with Gasteiger partial charge < -0.3 is 19.7 Å². The van der Waals surface area contributed by atoms with Gasteiger partial charge in [0, 0.05) is 19.5 Å². The van der Waals surface area contributed by atoms with Gasteiger partial charge in [-0.1, -0.05) is 78.9 Å². The van der Waals surface area contributed by atoms with Gasteiger partial charge in [-0.3, -0.25) is 13.9 Å². The van der Waals surface area contributed by atoms with Gasteiger partial charge in [0.1, 0.15) is 29.8 Å². The molecule has 10 heteroatoms. The zero-order valence-electron chi connectivity index (χ0n) is 27.4. The molecule has 1 atom stereocenters. The number of carbonyl (C=O) groups is 2. The van der Waals surface area contributed by atoms with E-state index in [-0.39, 0.29) is 29.5 Å². The number of benzene rings is 5. The lowest BCUT2D eigenvalue weighted by Crippen LogP contribution is -2.53. The minimum Gasteiger partial charge on any atom is -0.497 e. The summed E-state index contributed by atoms with van der Waals surface area (Å²) in [5.74, 6) is 0.814. The molecule has 0 fully saturated rings. The summed E-state index contributed by atoms with van der Waals surface area (Å²) in [5, 5.41) is 2.87. The summed E-state index contributed by atoms with van der Waals surface area (Å²) in [5.41, 5.74) is 1.83. The second kappa shape index (κ2) is 16.5. The van der Waals surface area contributed by atoms with E-state index in [1.165, 1.54) is 17.0 Å². The van der Waals surface area contributed by atoms with Crippen LogP contribution in [0.2, 0.25) is 0 Å². The van der Waals surface area contributed by atoms with Crippen LogP contribution in [0.4, 0.5) is 5.69 Å². The lowest BCUT2D eigenvalue weighted by atomic mass is 10.0. The second-order valence-electron chi connectivity index (χ2n) is 11.2. The van der Waals surface area contributed by atoms with Crippen LogP contribution in [0.3, 0.4) is 0 Å². The van der Waals surface area contributed by atoms with Crippen LogP contribution in [-0.4, -0.2) is 51.4 Å². The Bertz CT molecular complexity index is 1920. The van der Waals surface area contributed by atoms with E-state index in [0.717, 1.165) is 15.4 Å². The Morgan fingerprint density at radius 3 is 1.92 bits per heavy atom. The Balaban J connectivity index is 1.55. The summed E-state index contributed by atoms with van der Waals surface area (Å²) in [6.07, 6.45) is 0.222. The van der Waals surface area contributed by atoms with Crippen molar-refractivity contribution in [3.05, 3.63) is 151 Å². The Hall–Kier alpha value is -5.61. The maximum Gasteiger partial charge on any atom is 0.264 e. The molecule has 0 aliphatic rings. The number of methoxy groups -OCH3 is 1. The summed E-state index contributed by atoms with van der Waals surface area (Å²) in [6.45, 7) is 1.64. The largest absolute Gasteiger partial charge is 0.497 e. The lowest BCUT2D eigenvalue weighted by Gasteiger charge is -2.34. The molecule has 0 saturated carbocycles. The Morgan fingerprint density at radius 1 is 0.714 bits per heavy atom. The smallest absolute Gasteiger partial charge is 0.264 e. The van der Waals surface area contributed by atoms with Gasteiger partial charge in [-0.05, 0) is 78.7 Å². The maximum atomic E-state index is 14.6. The highest BCUT2D eigenvalue weighted by molar-refractivity contribution is 7.92. The highest BCUT2D eigenvalue weighted by atomic mass is 32.2. The van der Waals surface area contributed by atoms with Crippen LogP contribution in [0.25, 0.3) is 0 Å². The fraction of sp³-hybridized carbons (Fsp3) is 0.179. The first-order valence-electron chi connectivity index (χ1n) is 15.9. The average molecular weight is 678 g/mol. The number of sulfonamides is 1. The van der Waals surface area contributed by atoms with Crippen molar-refractivity contribution in [2.45, 2.75) is 30.8 Å². The Morgan fingerprint density at radius 2 is 1.29 bits per heavy atom. The summed E-state index contributed by atoms with van der Waals surface area (Å²) < 4.78 is 40.9. The minimum absolute atomic E-state index is 0.0244. The topological polar surface area (TPSA) is 105 Å². The molecule has 0 unspecified atom stereocenters. The van der Waals surface area contributed by atoms with Crippen LogP contribution in [0.15, 0.2) is 144 Å². The molecule has 0 aliphatic carbocycles. The fourth-order valence-corrected chi connectivity index (χ4v) is 6.80. The Labute approximate surface area is 287 Å². The van der Waals surface area contributed by atoms with Crippen molar-refractivity contribution < 1.29 is 27.5 Å². The van der Waals surface area contributed by atoms with Gasteiger partial charge in [-0.15, -0.1) is 0 Å². The van der Waals surface area contributed by atoms with Crippen LogP contribution in [0, 0.1) is 0 Å². The number of amides is 2. The molecule has 2 amide bonds. The third-order valence-electron chi connectivity index (χ3n) is 7.82. The molecular formula is C39H39N3O6S. The number of likely N-dealkylation sites (N-methyl/N-ethyl adjacent to an activating group) is 1. The number of rotatable bonds is 15. The predicted octanol–water partition coefficient (Wildman–Crippen LogP) is 6.46. The molecule has 0 aliphatic heterocycles. The number of ether oxygens (including phenoxy) is 2. The first-order chi connectivity index (χ1) is 23.8. The summed E-state index contributed by atoms with van der Waals surface area (Å²) in [6, 6.07) is 39.4. The molecule has 49 heavy (non-hydrogen) atoms. The van der Waals surface area contributed by atoms with Crippen molar-refractivity contribution in [1.29, 1.82) is 0 Å². The number of nitrogens with one attached hydrogen (secondary N) is 1. The lowest BCUT2D eigenvalue weighted by molar-refractivity contribution is -0.140. The van der Waals surface area contributed by atoms with Crippen molar-refractivity contribution >= 4 is 27.5 Å². The van der Waals surface area contributed by atoms with E-state index in [1.807, 2.05) is 73.7 Å². The minimum atomic E-state index is -4.23. The number of hydrogen-bond donors (Lipinski definition) is 1. The van der Waals surface area contributed by atoms with Crippen LogP contribution in [0.1, 0.15) is 18.1 Å². The van der Waals surface area contributed by atoms with E-state index in [1.54, 1.807) is 67.8 Å². The molecule has 5 rings (SSSR count). The van der Waals surface area contributed by atoms with Crippen molar-refractivity contribution in [3.63, 3.8) is 0 Å². The van der Waals surface area contributed by atoms with Crippen molar-refractivity contribution in [1.82, 2.24) is 10.2 Å². The summed E-state index contributed by atoms with van der Waals surface area (Å²) in [4.78, 5) is 29.8.